The zero-order valence-electron chi connectivity index (χ0n) is 14.1. The van der Waals surface area contributed by atoms with Crippen molar-refractivity contribution >= 4 is 43.0 Å². The van der Waals surface area contributed by atoms with Crippen LogP contribution in [0.15, 0.2) is 53.9 Å². The van der Waals surface area contributed by atoms with Gasteiger partial charge in [-0.1, -0.05) is 36.4 Å². The van der Waals surface area contributed by atoms with Crippen LogP contribution in [0.5, 0.6) is 0 Å². The summed E-state index contributed by atoms with van der Waals surface area (Å²) in [6, 6.07) is 17.2. The molecule has 1 aromatic heterocycles. The van der Waals surface area contributed by atoms with E-state index in [4.69, 9.17) is 0 Å². The molecular weight excluding hydrogens is 330 g/mol. The number of aliphatic hydroxyl groups excluding tert-OH is 2. The van der Waals surface area contributed by atoms with Gasteiger partial charge in [-0.25, -0.2) is 0 Å². The van der Waals surface area contributed by atoms with Crippen molar-refractivity contribution in [2.45, 2.75) is 19.0 Å². The molecule has 25 heavy (non-hydrogen) atoms. The number of rotatable bonds is 5. The monoisotopic (exact) mass is 351 g/mol. The third-order valence-corrected chi connectivity index (χ3v) is 5.91. The van der Waals surface area contributed by atoms with Crippen LogP contribution in [0.4, 0.5) is 0 Å². The fourth-order valence-electron chi connectivity index (χ4n) is 3.30. The summed E-state index contributed by atoms with van der Waals surface area (Å²) in [5.74, 6) is 0. The molecule has 0 atom stereocenters. The smallest absolute Gasteiger partial charge is 0.0633 e. The van der Waals surface area contributed by atoms with Crippen molar-refractivity contribution in [3.8, 4) is 0 Å². The van der Waals surface area contributed by atoms with Gasteiger partial charge in [0.05, 0.1) is 18.8 Å². The lowest BCUT2D eigenvalue weighted by Crippen LogP contribution is -2.48. The normalized spacial score (nSPS) is 12.4. The topological polar surface area (TPSA) is 52.5 Å². The lowest BCUT2D eigenvalue weighted by atomic mass is 9.95. The van der Waals surface area contributed by atoms with E-state index in [0.717, 1.165) is 0 Å². The second-order valence-corrected chi connectivity index (χ2v) is 7.73. The summed E-state index contributed by atoms with van der Waals surface area (Å²) in [5.41, 5.74) is 0.488. The minimum Gasteiger partial charge on any atom is -0.394 e. The van der Waals surface area contributed by atoms with Crippen molar-refractivity contribution in [3.05, 3.63) is 59.5 Å². The molecule has 0 bridgehead atoms. The van der Waals surface area contributed by atoms with E-state index in [2.05, 4.69) is 59.2 Å². The Morgan fingerprint density at radius 3 is 2.40 bits per heavy atom. The number of fused-ring (bicyclic) bond motifs is 5. The molecule has 0 saturated carbocycles. The molecule has 128 valence electrons. The summed E-state index contributed by atoms with van der Waals surface area (Å²) in [6.45, 7) is 2.21. The summed E-state index contributed by atoms with van der Waals surface area (Å²) in [7, 11) is 0. The SMILES string of the molecule is CC(CO)(CO)NCc1cc2c(ccc3ccsc32)c2ccccc12. The van der Waals surface area contributed by atoms with Crippen molar-refractivity contribution in [3.63, 3.8) is 0 Å². The van der Waals surface area contributed by atoms with Crippen molar-refractivity contribution in [1.29, 1.82) is 0 Å². The van der Waals surface area contributed by atoms with Crippen LogP contribution in [0.3, 0.4) is 0 Å². The molecule has 0 fully saturated rings. The van der Waals surface area contributed by atoms with Gasteiger partial charge in [0.25, 0.3) is 0 Å². The van der Waals surface area contributed by atoms with Crippen LogP contribution in [-0.2, 0) is 6.54 Å². The fraction of sp³-hybridized carbons (Fsp3) is 0.238. The molecule has 4 rings (SSSR count). The van der Waals surface area contributed by atoms with Crippen molar-refractivity contribution < 1.29 is 10.2 Å². The molecule has 0 aliphatic rings. The summed E-state index contributed by atoms with van der Waals surface area (Å²) in [6.07, 6.45) is 0. The summed E-state index contributed by atoms with van der Waals surface area (Å²) >= 11 is 1.77. The van der Waals surface area contributed by atoms with Gasteiger partial charge in [0.15, 0.2) is 0 Å². The molecule has 4 heteroatoms. The van der Waals surface area contributed by atoms with E-state index in [0.29, 0.717) is 6.54 Å². The van der Waals surface area contributed by atoms with Crippen molar-refractivity contribution in [2.24, 2.45) is 0 Å². The standard InChI is InChI=1S/C21H21NO2S/c1-21(12-23,13-24)22-11-15-10-19-18(17-5-3-2-4-16(15)17)7-6-14-8-9-25-20(14)19/h2-10,22-24H,11-13H2,1H3. The Morgan fingerprint density at radius 1 is 0.920 bits per heavy atom. The molecule has 0 aliphatic carbocycles. The van der Waals surface area contributed by atoms with E-state index in [9.17, 15) is 10.2 Å². The van der Waals surface area contributed by atoms with Crippen LogP contribution in [0, 0.1) is 0 Å². The summed E-state index contributed by atoms with van der Waals surface area (Å²) in [5, 5.41) is 30.8. The molecule has 1 heterocycles. The van der Waals surface area contributed by atoms with Crippen LogP contribution in [0.1, 0.15) is 12.5 Å². The minimum atomic E-state index is -0.689. The predicted molar refractivity (Wildman–Crippen MR) is 106 cm³/mol. The maximum absolute atomic E-state index is 9.54. The first kappa shape index (κ1) is 16.5. The molecule has 0 radical (unpaired) electrons. The number of thiophene rings is 1. The highest BCUT2D eigenvalue weighted by atomic mass is 32.1. The predicted octanol–water partition coefficient (Wildman–Crippen LogP) is 4.04. The first-order valence-electron chi connectivity index (χ1n) is 8.42. The Bertz CT molecular complexity index is 1050. The van der Waals surface area contributed by atoms with Gasteiger partial charge in [-0.3, -0.25) is 0 Å². The number of aliphatic hydroxyl groups is 2. The van der Waals surface area contributed by atoms with Gasteiger partial charge >= 0.3 is 0 Å². The van der Waals surface area contributed by atoms with Crippen LogP contribution >= 0.6 is 11.3 Å². The largest absolute Gasteiger partial charge is 0.394 e. The molecule has 0 aliphatic heterocycles. The van der Waals surface area contributed by atoms with Gasteiger partial charge in [-0.2, -0.15) is 0 Å². The Balaban J connectivity index is 1.92. The third-order valence-electron chi connectivity index (χ3n) is 4.95. The summed E-state index contributed by atoms with van der Waals surface area (Å²) < 4.78 is 1.30. The second-order valence-electron chi connectivity index (χ2n) is 6.81. The Kier molecular flexibility index (Phi) is 4.21. The van der Waals surface area contributed by atoms with Crippen LogP contribution in [0.25, 0.3) is 31.6 Å². The Morgan fingerprint density at radius 2 is 1.64 bits per heavy atom. The highest BCUT2D eigenvalue weighted by Gasteiger charge is 2.21. The second kappa shape index (κ2) is 6.39. The average molecular weight is 351 g/mol. The maximum Gasteiger partial charge on any atom is 0.0633 e. The van der Waals surface area contributed by atoms with Gasteiger partial charge < -0.3 is 15.5 Å². The number of hydrogen-bond acceptors (Lipinski definition) is 4. The fourth-order valence-corrected chi connectivity index (χ4v) is 4.22. The van der Waals surface area contributed by atoms with E-state index in [-0.39, 0.29) is 13.2 Å². The van der Waals surface area contributed by atoms with Gasteiger partial charge in [-0.05, 0) is 51.5 Å². The van der Waals surface area contributed by atoms with E-state index in [1.165, 1.54) is 37.2 Å². The highest BCUT2D eigenvalue weighted by Crippen LogP contribution is 2.35. The third kappa shape index (κ3) is 2.81. The summed E-state index contributed by atoms with van der Waals surface area (Å²) in [4.78, 5) is 0. The van der Waals surface area contributed by atoms with E-state index in [1.807, 2.05) is 6.92 Å². The Labute approximate surface area is 150 Å². The average Bonchev–Trinajstić information content (AvgIpc) is 3.15. The first-order chi connectivity index (χ1) is 12.1. The van der Waals surface area contributed by atoms with Gasteiger partial charge in [0.1, 0.15) is 0 Å². The molecule has 0 spiro atoms. The molecule has 0 unspecified atom stereocenters. The van der Waals surface area contributed by atoms with Crippen LogP contribution < -0.4 is 5.32 Å². The van der Waals surface area contributed by atoms with Gasteiger partial charge in [-0.15, -0.1) is 11.3 Å². The molecule has 3 aromatic carbocycles. The van der Waals surface area contributed by atoms with Crippen LogP contribution in [-0.4, -0.2) is 29.0 Å². The Hall–Kier alpha value is -1.98. The van der Waals surface area contributed by atoms with Crippen LogP contribution in [0.2, 0.25) is 0 Å². The van der Waals surface area contributed by atoms with Crippen molar-refractivity contribution in [1.82, 2.24) is 5.32 Å². The molecule has 0 saturated heterocycles. The molecule has 4 aromatic rings. The minimum absolute atomic E-state index is 0.107. The molecule has 3 nitrogen and oxygen atoms in total. The van der Waals surface area contributed by atoms with Gasteiger partial charge in [0, 0.05) is 16.6 Å². The highest BCUT2D eigenvalue weighted by molar-refractivity contribution is 7.18. The zero-order chi connectivity index (χ0) is 17.4. The molecular formula is C21H21NO2S. The number of benzene rings is 3. The van der Waals surface area contributed by atoms with E-state index < -0.39 is 5.54 Å². The van der Waals surface area contributed by atoms with E-state index >= 15 is 0 Å². The van der Waals surface area contributed by atoms with Crippen molar-refractivity contribution in [2.75, 3.05) is 13.2 Å². The number of hydrogen-bond donors (Lipinski definition) is 3. The first-order valence-corrected chi connectivity index (χ1v) is 9.30. The molecule has 3 N–H and O–H groups in total. The van der Waals surface area contributed by atoms with Gasteiger partial charge in [0.2, 0.25) is 0 Å². The molecule has 0 amide bonds. The van der Waals surface area contributed by atoms with E-state index in [1.54, 1.807) is 11.3 Å². The lowest BCUT2D eigenvalue weighted by Gasteiger charge is -2.26. The lowest BCUT2D eigenvalue weighted by molar-refractivity contribution is 0.103. The maximum atomic E-state index is 9.54. The quantitative estimate of drug-likeness (QED) is 0.476. The number of nitrogens with one attached hydrogen (secondary N) is 1. The zero-order valence-corrected chi connectivity index (χ0v) is 14.9.